The van der Waals surface area contributed by atoms with Crippen molar-refractivity contribution in [1.82, 2.24) is 19.8 Å². The van der Waals surface area contributed by atoms with Gasteiger partial charge in [-0.3, -0.25) is 4.79 Å². The van der Waals surface area contributed by atoms with Gasteiger partial charge in [0.1, 0.15) is 5.82 Å². The first-order valence-corrected chi connectivity index (χ1v) is 10.2. The summed E-state index contributed by atoms with van der Waals surface area (Å²) in [6.07, 6.45) is 8.01. The van der Waals surface area contributed by atoms with Crippen LogP contribution >= 0.6 is 0 Å². The van der Waals surface area contributed by atoms with Crippen LogP contribution in [0.15, 0.2) is 0 Å². The Kier molecular flexibility index (Phi) is 5.11. The molecule has 0 radical (unpaired) electrons. The molecule has 0 unspecified atom stereocenters. The summed E-state index contributed by atoms with van der Waals surface area (Å²) in [5, 5.41) is 0. The second kappa shape index (κ2) is 7.51. The SMILES string of the molecule is CC(=O)N1CCCC[C@@H]1c1nc2c(c(N3CCCCC3)n1)CN(C)CC2. The number of fused-ring (bicyclic) bond motifs is 1. The summed E-state index contributed by atoms with van der Waals surface area (Å²) in [4.78, 5) is 29.1. The molecule has 1 atom stereocenters. The first-order chi connectivity index (χ1) is 12.6. The third-order valence-corrected chi connectivity index (χ3v) is 6.11. The number of carbonyl (C=O) groups excluding carboxylic acids is 1. The molecule has 0 aromatic carbocycles. The minimum absolute atomic E-state index is 0.0507. The molecule has 1 aromatic rings. The van der Waals surface area contributed by atoms with E-state index in [1.54, 1.807) is 6.92 Å². The molecule has 6 nitrogen and oxygen atoms in total. The van der Waals surface area contributed by atoms with Crippen LogP contribution in [0.1, 0.15) is 68.6 Å². The lowest BCUT2D eigenvalue weighted by Gasteiger charge is -2.37. The van der Waals surface area contributed by atoms with Gasteiger partial charge in [-0.05, 0) is 45.6 Å². The van der Waals surface area contributed by atoms with E-state index in [4.69, 9.17) is 9.97 Å². The van der Waals surface area contributed by atoms with Crippen molar-refractivity contribution in [2.75, 3.05) is 38.1 Å². The zero-order valence-corrected chi connectivity index (χ0v) is 16.2. The zero-order valence-electron chi connectivity index (χ0n) is 16.2. The average Bonchev–Trinajstić information content (AvgIpc) is 2.68. The molecule has 2 fully saturated rings. The zero-order chi connectivity index (χ0) is 18.1. The van der Waals surface area contributed by atoms with E-state index in [-0.39, 0.29) is 11.9 Å². The Morgan fingerprint density at radius 1 is 1.00 bits per heavy atom. The van der Waals surface area contributed by atoms with Crippen LogP contribution in [0, 0.1) is 0 Å². The Labute approximate surface area is 156 Å². The topological polar surface area (TPSA) is 52.6 Å². The molecular formula is C20H31N5O. The van der Waals surface area contributed by atoms with Gasteiger partial charge < -0.3 is 14.7 Å². The summed E-state index contributed by atoms with van der Waals surface area (Å²) in [5.74, 6) is 2.17. The Hall–Kier alpha value is -1.69. The molecule has 6 heteroatoms. The summed E-state index contributed by atoms with van der Waals surface area (Å²) < 4.78 is 0. The molecule has 0 spiro atoms. The molecular weight excluding hydrogens is 326 g/mol. The average molecular weight is 358 g/mol. The van der Waals surface area contributed by atoms with E-state index in [0.29, 0.717) is 0 Å². The largest absolute Gasteiger partial charge is 0.356 e. The Morgan fingerprint density at radius 2 is 1.77 bits per heavy atom. The van der Waals surface area contributed by atoms with Crippen molar-refractivity contribution in [3.63, 3.8) is 0 Å². The number of aromatic nitrogens is 2. The lowest BCUT2D eigenvalue weighted by molar-refractivity contribution is -0.132. The van der Waals surface area contributed by atoms with Crippen molar-refractivity contribution in [2.24, 2.45) is 0 Å². The smallest absolute Gasteiger partial charge is 0.220 e. The number of rotatable bonds is 2. The molecule has 3 aliphatic heterocycles. The lowest BCUT2D eigenvalue weighted by atomic mass is 9.99. The highest BCUT2D eigenvalue weighted by Crippen LogP contribution is 2.34. The summed E-state index contributed by atoms with van der Waals surface area (Å²) in [6.45, 7) is 6.67. The van der Waals surface area contributed by atoms with Gasteiger partial charge >= 0.3 is 0 Å². The highest BCUT2D eigenvalue weighted by Gasteiger charge is 2.31. The van der Waals surface area contributed by atoms with Crippen molar-refractivity contribution in [2.45, 2.75) is 64.5 Å². The van der Waals surface area contributed by atoms with E-state index in [1.807, 2.05) is 4.90 Å². The van der Waals surface area contributed by atoms with Crippen molar-refractivity contribution >= 4 is 11.7 Å². The number of hydrogen-bond donors (Lipinski definition) is 0. The summed E-state index contributed by atoms with van der Waals surface area (Å²) in [7, 11) is 2.18. The van der Waals surface area contributed by atoms with Gasteiger partial charge in [0.2, 0.25) is 5.91 Å². The van der Waals surface area contributed by atoms with Crippen molar-refractivity contribution < 1.29 is 4.79 Å². The van der Waals surface area contributed by atoms with E-state index < -0.39 is 0 Å². The quantitative estimate of drug-likeness (QED) is 0.814. The highest BCUT2D eigenvalue weighted by atomic mass is 16.2. The number of nitrogens with zero attached hydrogens (tertiary/aromatic N) is 5. The van der Waals surface area contributed by atoms with Crippen LogP contribution in [-0.2, 0) is 17.8 Å². The van der Waals surface area contributed by atoms with E-state index in [2.05, 4.69) is 16.8 Å². The predicted molar refractivity (Wildman–Crippen MR) is 102 cm³/mol. The fourth-order valence-electron chi connectivity index (χ4n) is 4.64. The van der Waals surface area contributed by atoms with Crippen LogP contribution in [0.5, 0.6) is 0 Å². The molecule has 0 aliphatic carbocycles. The molecule has 0 saturated carbocycles. The minimum atomic E-state index is 0.0507. The summed E-state index contributed by atoms with van der Waals surface area (Å²) >= 11 is 0. The Morgan fingerprint density at radius 3 is 2.54 bits per heavy atom. The number of likely N-dealkylation sites (N-methyl/N-ethyl adjacent to an activating group) is 1. The molecule has 4 heterocycles. The normalized spacial score (nSPS) is 24.5. The highest BCUT2D eigenvalue weighted by molar-refractivity contribution is 5.73. The number of piperidine rings is 2. The van der Waals surface area contributed by atoms with E-state index in [9.17, 15) is 4.79 Å². The van der Waals surface area contributed by atoms with Gasteiger partial charge in [-0.2, -0.15) is 0 Å². The predicted octanol–water partition coefficient (Wildman–Crippen LogP) is 2.53. The second-order valence-corrected chi connectivity index (χ2v) is 8.09. The van der Waals surface area contributed by atoms with Gasteiger partial charge in [0, 0.05) is 51.6 Å². The number of likely N-dealkylation sites (tertiary alicyclic amines) is 1. The maximum absolute atomic E-state index is 12.2. The van der Waals surface area contributed by atoms with Gasteiger partial charge in [-0.1, -0.05) is 0 Å². The van der Waals surface area contributed by atoms with Crippen LogP contribution in [0.2, 0.25) is 0 Å². The van der Waals surface area contributed by atoms with E-state index in [1.165, 1.54) is 30.5 Å². The standard InChI is InChI=1S/C20H31N5O/c1-15(26)25-12-7-4-8-18(25)19-21-17-9-13-23(2)14-16(17)20(22-19)24-10-5-3-6-11-24/h18H,3-14H2,1-2H3/t18-/m1/s1. The third-order valence-electron chi connectivity index (χ3n) is 6.11. The molecule has 4 rings (SSSR count). The number of carbonyl (C=O) groups is 1. The maximum atomic E-state index is 12.2. The molecule has 2 saturated heterocycles. The Bertz CT molecular complexity index is 670. The molecule has 3 aliphatic rings. The van der Waals surface area contributed by atoms with E-state index in [0.717, 1.165) is 70.0 Å². The van der Waals surface area contributed by atoms with Crippen molar-refractivity contribution in [3.8, 4) is 0 Å². The molecule has 0 N–H and O–H groups in total. The first-order valence-electron chi connectivity index (χ1n) is 10.2. The molecule has 1 amide bonds. The van der Waals surface area contributed by atoms with Crippen LogP contribution in [0.25, 0.3) is 0 Å². The number of hydrogen-bond acceptors (Lipinski definition) is 5. The second-order valence-electron chi connectivity index (χ2n) is 8.09. The number of amides is 1. The van der Waals surface area contributed by atoms with Crippen LogP contribution in [0.3, 0.4) is 0 Å². The molecule has 0 bridgehead atoms. The van der Waals surface area contributed by atoms with Gasteiger partial charge in [0.25, 0.3) is 0 Å². The fourth-order valence-corrected chi connectivity index (χ4v) is 4.64. The van der Waals surface area contributed by atoms with Gasteiger partial charge in [0.05, 0.1) is 11.7 Å². The lowest BCUT2D eigenvalue weighted by Crippen LogP contribution is -2.40. The maximum Gasteiger partial charge on any atom is 0.220 e. The van der Waals surface area contributed by atoms with Crippen LogP contribution in [-0.4, -0.2) is 58.9 Å². The number of anilines is 1. The molecule has 142 valence electrons. The first kappa shape index (κ1) is 17.7. The molecule has 26 heavy (non-hydrogen) atoms. The van der Waals surface area contributed by atoms with Crippen molar-refractivity contribution in [1.29, 1.82) is 0 Å². The monoisotopic (exact) mass is 357 g/mol. The third kappa shape index (κ3) is 3.43. The van der Waals surface area contributed by atoms with Crippen molar-refractivity contribution in [3.05, 3.63) is 17.1 Å². The fraction of sp³-hybridized carbons (Fsp3) is 0.750. The molecule has 1 aromatic heterocycles. The van der Waals surface area contributed by atoms with E-state index >= 15 is 0 Å². The summed E-state index contributed by atoms with van der Waals surface area (Å²) in [6, 6.07) is 0.0507. The van der Waals surface area contributed by atoms with Crippen LogP contribution < -0.4 is 4.90 Å². The Balaban J connectivity index is 1.74. The van der Waals surface area contributed by atoms with Gasteiger partial charge in [-0.25, -0.2) is 9.97 Å². The van der Waals surface area contributed by atoms with Gasteiger partial charge in [-0.15, -0.1) is 0 Å². The van der Waals surface area contributed by atoms with Gasteiger partial charge in [0.15, 0.2) is 5.82 Å². The summed E-state index contributed by atoms with van der Waals surface area (Å²) in [5.41, 5.74) is 2.53. The minimum Gasteiger partial charge on any atom is -0.356 e. The van der Waals surface area contributed by atoms with Crippen LogP contribution in [0.4, 0.5) is 5.82 Å².